The normalized spacial score (nSPS) is 12.2. The lowest BCUT2D eigenvalue weighted by Crippen LogP contribution is -2.41. The largest absolute Gasteiger partial charge is 0.348 e. The van der Waals surface area contributed by atoms with E-state index in [9.17, 15) is 4.79 Å². The summed E-state index contributed by atoms with van der Waals surface area (Å²) < 4.78 is 1.84. The van der Waals surface area contributed by atoms with Crippen LogP contribution in [0.25, 0.3) is 11.7 Å². The van der Waals surface area contributed by atoms with Crippen molar-refractivity contribution in [1.82, 2.24) is 14.7 Å². The van der Waals surface area contributed by atoms with Gasteiger partial charge in [0.15, 0.2) is 5.15 Å². The van der Waals surface area contributed by atoms with E-state index in [1.165, 1.54) is 6.08 Å². The Morgan fingerprint density at radius 1 is 1.50 bits per heavy atom. The minimum absolute atomic E-state index is 0.140. The smallest absolute Gasteiger partial charge is 0.244 e. The fraction of sp³-hybridized carbons (Fsp3) is 0.333. The molecule has 2 aromatic rings. The van der Waals surface area contributed by atoms with Crippen molar-refractivity contribution in [2.75, 3.05) is 0 Å². The van der Waals surface area contributed by atoms with Gasteiger partial charge in [-0.25, -0.2) is 4.98 Å². The summed E-state index contributed by atoms with van der Waals surface area (Å²) in [7, 11) is 0. The van der Waals surface area contributed by atoms with Crippen LogP contribution >= 0.6 is 11.6 Å². The van der Waals surface area contributed by atoms with Gasteiger partial charge in [0.2, 0.25) is 5.91 Å². The molecular weight excluding hydrogens is 274 g/mol. The van der Waals surface area contributed by atoms with Crippen LogP contribution in [0.2, 0.25) is 5.15 Å². The maximum atomic E-state index is 11.9. The molecule has 1 amide bonds. The molecule has 0 unspecified atom stereocenters. The maximum Gasteiger partial charge on any atom is 0.244 e. The van der Waals surface area contributed by atoms with Gasteiger partial charge in [0, 0.05) is 17.8 Å². The second-order valence-electron chi connectivity index (χ2n) is 5.28. The minimum atomic E-state index is -0.218. The van der Waals surface area contributed by atoms with Gasteiger partial charge in [0.1, 0.15) is 5.65 Å². The monoisotopic (exact) mass is 291 g/mol. The summed E-state index contributed by atoms with van der Waals surface area (Å²) in [5, 5.41) is 3.32. The molecule has 20 heavy (non-hydrogen) atoms. The summed E-state index contributed by atoms with van der Waals surface area (Å²) in [6.45, 7) is 6.01. The molecular formula is C15H18ClN3O. The number of halogens is 1. The number of nitrogens with one attached hydrogen (secondary N) is 1. The van der Waals surface area contributed by atoms with Gasteiger partial charge in [-0.05, 0) is 38.5 Å². The van der Waals surface area contributed by atoms with Crippen LogP contribution in [0, 0.1) is 0 Å². The van der Waals surface area contributed by atoms with E-state index in [2.05, 4.69) is 10.3 Å². The van der Waals surface area contributed by atoms with E-state index in [1.807, 2.05) is 49.6 Å². The van der Waals surface area contributed by atoms with Crippen molar-refractivity contribution in [3.63, 3.8) is 0 Å². The zero-order chi connectivity index (χ0) is 14.8. The lowest BCUT2D eigenvalue weighted by molar-refractivity contribution is -0.117. The third-order valence-electron chi connectivity index (χ3n) is 3.26. The second kappa shape index (κ2) is 5.67. The highest BCUT2D eigenvalue weighted by molar-refractivity contribution is 6.31. The molecule has 0 atom stereocenters. The van der Waals surface area contributed by atoms with Gasteiger partial charge < -0.3 is 5.32 Å². The van der Waals surface area contributed by atoms with Crippen molar-refractivity contribution in [3.05, 3.63) is 41.3 Å². The van der Waals surface area contributed by atoms with E-state index < -0.39 is 0 Å². The summed E-state index contributed by atoms with van der Waals surface area (Å²) in [4.78, 5) is 16.1. The van der Waals surface area contributed by atoms with Gasteiger partial charge in [-0.1, -0.05) is 24.6 Å². The van der Waals surface area contributed by atoms with Gasteiger partial charge in [0.25, 0.3) is 0 Å². The number of rotatable bonds is 4. The van der Waals surface area contributed by atoms with Crippen molar-refractivity contribution in [3.8, 4) is 0 Å². The van der Waals surface area contributed by atoms with E-state index in [4.69, 9.17) is 11.6 Å². The molecule has 2 rings (SSSR count). The third kappa shape index (κ3) is 3.20. The van der Waals surface area contributed by atoms with Gasteiger partial charge >= 0.3 is 0 Å². The maximum absolute atomic E-state index is 11.9. The fourth-order valence-corrected chi connectivity index (χ4v) is 1.99. The van der Waals surface area contributed by atoms with Crippen LogP contribution in [0.1, 0.15) is 32.9 Å². The van der Waals surface area contributed by atoms with Crippen LogP contribution in [0.5, 0.6) is 0 Å². The average molecular weight is 292 g/mol. The molecule has 5 heteroatoms. The van der Waals surface area contributed by atoms with Crippen molar-refractivity contribution < 1.29 is 4.79 Å². The molecule has 4 nitrogen and oxygen atoms in total. The first-order valence-corrected chi connectivity index (χ1v) is 6.93. The first-order chi connectivity index (χ1) is 9.43. The highest BCUT2D eigenvalue weighted by Gasteiger charge is 2.16. The number of pyridine rings is 1. The molecule has 0 fully saturated rings. The third-order valence-corrected chi connectivity index (χ3v) is 3.54. The number of carbonyl (C=O) groups excluding carboxylic acids is 1. The number of hydrogen-bond acceptors (Lipinski definition) is 2. The predicted octanol–water partition coefficient (Wildman–Crippen LogP) is 3.31. The highest BCUT2D eigenvalue weighted by Crippen LogP contribution is 2.18. The summed E-state index contributed by atoms with van der Waals surface area (Å²) in [6.07, 6.45) is 5.90. The molecule has 0 radical (unpaired) electrons. The van der Waals surface area contributed by atoms with Crippen LogP contribution in [0.4, 0.5) is 0 Å². The SMILES string of the molecule is CCC(C)(C)NC(=O)/C=C/c1c(Cl)nc2ccccn12. The van der Waals surface area contributed by atoms with E-state index in [1.54, 1.807) is 6.08 Å². The number of fused-ring (bicyclic) bond motifs is 1. The molecule has 0 aromatic carbocycles. The first kappa shape index (κ1) is 14.6. The second-order valence-corrected chi connectivity index (χ2v) is 5.63. The topological polar surface area (TPSA) is 46.4 Å². The molecule has 0 saturated carbocycles. The molecule has 2 aromatic heterocycles. The lowest BCUT2D eigenvalue weighted by Gasteiger charge is -2.23. The van der Waals surface area contributed by atoms with Crippen molar-refractivity contribution in [2.24, 2.45) is 0 Å². The molecule has 2 heterocycles. The Balaban J connectivity index is 2.22. The fourth-order valence-electron chi connectivity index (χ4n) is 1.75. The molecule has 1 N–H and O–H groups in total. The quantitative estimate of drug-likeness (QED) is 0.879. The summed E-state index contributed by atoms with van der Waals surface area (Å²) in [5.41, 5.74) is 1.24. The van der Waals surface area contributed by atoms with Crippen LogP contribution < -0.4 is 5.32 Å². The first-order valence-electron chi connectivity index (χ1n) is 6.56. The lowest BCUT2D eigenvalue weighted by atomic mass is 10.0. The average Bonchev–Trinajstić information content (AvgIpc) is 2.71. The standard InChI is InChI=1S/C15H18ClN3O/c1-4-15(2,3)18-13(20)9-8-11-14(16)17-12-7-5-6-10-19(11)12/h5-10H,4H2,1-3H3,(H,18,20)/b9-8+. The molecule has 106 valence electrons. The number of amides is 1. The van der Waals surface area contributed by atoms with E-state index in [0.29, 0.717) is 10.8 Å². The Bertz CT molecular complexity index is 658. The van der Waals surface area contributed by atoms with Gasteiger partial charge in [-0.15, -0.1) is 0 Å². The van der Waals surface area contributed by atoms with Gasteiger partial charge in [-0.3, -0.25) is 9.20 Å². The van der Waals surface area contributed by atoms with Crippen molar-refractivity contribution in [2.45, 2.75) is 32.7 Å². The minimum Gasteiger partial charge on any atom is -0.348 e. The highest BCUT2D eigenvalue weighted by atomic mass is 35.5. The van der Waals surface area contributed by atoms with Crippen molar-refractivity contribution >= 4 is 29.2 Å². The van der Waals surface area contributed by atoms with Crippen LogP contribution in [0.3, 0.4) is 0 Å². The molecule has 0 aliphatic carbocycles. The molecule has 0 saturated heterocycles. The van der Waals surface area contributed by atoms with E-state index >= 15 is 0 Å². The number of carbonyl (C=O) groups is 1. The Kier molecular flexibility index (Phi) is 4.14. The van der Waals surface area contributed by atoms with Crippen molar-refractivity contribution in [1.29, 1.82) is 0 Å². The summed E-state index contributed by atoms with van der Waals surface area (Å²) in [6, 6.07) is 5.65. The predicted molar refractivity (Wildman–Crippen MR) is 81.7 cm³/mol. The van der Waals surface area contributed by atoms with Crippen LogP contribution in [-0.2, 0) is 4.79 Å². The van der Waals surface area contributed by atoms with E-state index in [0.717, 1.165) is 12.1 Å². The Morgan fingerprint density at radius 2 is 2.25 bits per heavy atom. The summed E-state index contributed by atoms with van der Waals surface area (Å²) >= 11 is 6.10. The number of aromatic nitrogens is 2. The number of nitrogens with zero attached hydrogens (tertiary/aromatic N) is 2. The Morgan fingerprint density at radius 3 is 2.95 bits per heavy atom. The van der Waals surface area contributed by atoms with Crippen LogP contribution in [0.15, 0.2) is 30.5 Å². The van der Waals surface area contributed by atoms with Gasteiger partial charge in [-0.2, -0.15) is 0 Å². The number of hydrogen-bond donors (Lipinski definition) is 1. The molecule has 0 spiro atoms. The zero-order valence-corrected chi connectivity index (χ0v) is 12.6. The molecule has 0 bridgehead atoms. The number of imidazole rings is 1. The Labute approximate surface area is 123 Å². The molecule has 0 aliphatic heterocycles. The summed E-state index contributed by atoms with van der Waals surface area (Å²) in [5.74, 6) is -0.140. The van der Waals surface area contributed by atoms with E-state index in [-0.39, 0.29) is 11.4 Å². The Hall–Kier alpha value is -1.81. The molecule has 0 aliphatic rings. The van der Waals surface area contributed by atoms with Gasteiger partial charge in [0.05, 0.1) is 5.69 Å². The van der Waals surface area contributed by atoms with Crippen LogP contribution in [-0.4, -0.2) is 20.8 Å². The zero-order valence-electron chi connectivity index (χ0n) is 11.9.